The van der Waals surface area contributed by atoms with Gasteiger partial charge in [0.2, 0.25) is 70.9 Å². The monoisotopic (exact) mass is 1440 g/mol. The molecule has 4 aliphatic heterocycles. The van der Waals surface area contributed by atoms with Crippen molar-refractivity contribution in [3.8, 4) is 0 Å². The summed E-state index contributed by atoms with van der Waals surface area (Å²) < 4.78 is 47.2. The van der Waals surface area contributed by atoms with Crippen LogP contribution in [0.3, 0.4) is 0 Å². The maximum atomic E-state index is 15.5. The quantitative estimate of drug-likeness (QED) is 0.241. The molecular weight excluding hydrogens is 1330 g/mol. The van der Waals surface area contributed by atoms with Crippen LogP contribution < -0.4 is 16.0 Å². The molecule has 25 nitrogen and oxygen atoms in total. The lowest BCUT2D eigenvalue weighted by Crippen LogP contribution is -2.65. The first-order chi connectivity index (χ1) is 47.6. The lowest BCUT2D eigenvalue weighted by Gasteiger charge is -2.45. The van der Waals surface area contributed by atoms with Gasteiger partial charge in [0.05, 0.1) is 36.8 Å². The Hall–Kier alpha value is -7.10. The highest BCUT2D eigenvalue weighted by Gasteiger charge is 2.52. The van der Waals surface area contributed by atoms with E-state index in [2.05, 4.69) is 16.0 Å². The zero-order valence-corrected chi connectivity index (χ0v) is 62.2. The molecule has 4 heterocycles. The number of fused-ring (bicyclic) bond motifs is 2. The fourth-order valence-electron chi connectivity index (χ4n) is 15.3. The van der Waals surface area contributed by atoms with Crippen LogP contribution in [0.4, 0.5) is 13.2 Å². The van der Waals surface area contributed by atoms with Crippen LogP contribution in [0, 0.1) is 23.7 Å². The number of hydrogen-bond acceptors (Lipinski definition) is 13. The van der Waals surface area contributed by atoms with E-state index in [1.807, 2.05) is 27.7 Å². The molecule has 7 rings (SSSR count). The lowest BCUT2D eigenvalue weighted by atomic mass is 9.84. The summed E-state index contributed by atoms with van der Waals surface area (Å²) in [6.45, 7) is 12.6. The number of morpholine rings is 1. The van der Waals surface area contributed by atoms with Gasteiger partial charge in [-0.2, -0.15) is 13.2 Å². The van der Waals surface area contributed by atoms with Crippen LogP contribution >= 0.6 is 11.6 Å². The van der Waals surface area contributed by atoms with Crippen LogP contribution in [-0.4, -0.2) is 263 Å². The molecule has 0 unspecified atom stereocenters. The van der Waals surface area contributed by atoms with Gasteiger partial charge in [-0.25, -0.2) is 0 Å². The molecule has 1 aromatic rings. The highest BCUT2D eigenvalue weighted by molar-refractivity contribution is 6.31. The van der Waals surface area contributed by atoms with Crippen molar-refractivity contribution in [2.75, 3.05) is 88.2 Å². The minimum Gasteiger partial charge on any atom is -0.378 e. The second kappa shape index (κ2) is 35.4. The van der Waals surface area contributed by atoms with Crippen molar-refractivity contribution < 1.29 is 75.4 Å². The summed E-state index contributed by atoms with van der Waals surface area (Å²) in [5.74, 6) is -9.06. The van der Waals surface area contributed by atoms with Gasteiger partial charge < -0.3 is 64.8 Å². The van der Waals surface area contributed by atoms with E-state index < -0.39 is 172 Å². The van der Waals surface area contributed by atoms with Gasteiger partial charge in [-0.1, -0.05) is 117 Å². The van der Waals surface area contributed by atoms with Crippen molar-refractivity contribution in [1.82, 2.24) is 60.0 Å². The molecule has 1 aromatic carbocycles. The van der Waals surface area contributed by atoms with E-state index in [0.29, 0.717) is 37.7 Å². The van der Waals surface area contributed by atoms with Gasteiger partial charge in [0.25, 0.3) is 0 Å². The molecule has 0 radical (unpaired) electrons. The molecule has 564 valence electrons. The number of amides is 12. The summed E-state index contributed by atoms with van der Waals surface area (Å²) in [7, 11) is 8.57. The number of carbonyl (C=O) groups is 12. The Morgan fingerprint density at radius 2 is 1.29 bits per heavy atom. The number of carbonyl (C=O) groups excluding carboxylic acids is 12. The number of alkyl halides is 3. The number of likely N-dealkylation sites (N-methyl/N-ethyl adjacent to an activating group) is 6. The third-order valence-electron chi connectivity index (χ3n) is 22.4. The molecule has 3 N–H and O–H groups in total. The number of nitrogens with one attached hydrogen (secondary N) is 3. The molecule has 6 aliphatic rings. The Balaban J connectivity index is 1.29. The average Bonchev–Trinajstić information content (AvgIpc) is 1.52. The highest BCUT2D eigenvalue weighted by atomic mass is 35.5. The third-order valence-corrected chi connectivity index (χ3v) is 22.7. The molecule has 6 fully saturated rings. The highest BCUT2D eigenvalue weighted by Crippen LogP contribution is 2.38. The van der Waals surface area contributed by atoms with Gasteiger partial charge >= 0.3 is 6.18 Å². The normalized spacial score (nSPS) is 27.9. The summed E-state index contributed by atoms with van der Waals surface area (Å²) in [4.78, 5) is 192. The van der Waals surface area contributed by atoms with Gasteiger partial charge in [0.15, 0.2) is 0 Å². The maximum absolute atomic E-state index is 15.5. The number of nitrogens with zero attached hydrogens (tertiary/aromatic N) is 9. The van der Waals surface area contributed by atoms with E-state index in [4.69, 9.17) is 16.3 Å². The number of hydrogen-bond donors (Lipinski definition) is 3. The van der Waals surface area contributed by atoms with Gasteiger partial charge in [0.1, 0.15) is 59.9 Å². The van der Waals surface area contributed by atoms with Crippen LogP contribution in [0.1, 0.15) is 175 Å². The molecule has 4 saturated heterocycles. The first-order valence-corrected chi connectivity index (χ1v) is 36.8. The average molecular weight is 1440 g/mol. The zero-order chi connectivity index (χ0) is 74.7. The number of benzene rings is 1. The van der Waals surface area contributed by atoms with Crippen molar-refractivity contribution in [1.29, 1.82) is 0 Å². The van der Waals surface area contributed by atoms with Crippen LogP contribution in [0.15, 0.2) is 18.2 Å². The minimum absolute atomic E-state index is 0.0192. The molecule has 0 bridgehead atoms. The van der Waals surface area contributed by atoms with Crippen molar-refractivity contribution >= 4 is 82.5 Å². The Labute approximate surface area is 598 Å². The second-order valence-corrected chi connectivity index (χ2v) is 30.1. The third kappa shape index (κ3) is 19.2. The zero-order valence-electron chi connectivity index (χ0n) is 61.5. The van der Waals surface area contributed by atoms with Crippen molar-refractivity contribution in [3.63, 3.8) is 0 Å². The van der Waals surface area contributed by atoms with Crippen molar-refractivity contribution in [3.05, 3.63) is 34.3 Å². The van der Waals surface area contributed by atoms with E-state index in [9.17, 15) is 46.7 Å². The van der Waals surface area contributed by atoms with Crippen LogP contribution in [-0.2, 0) is 74.9 Å². The van der Waals surface area contributed by atoms with Crippen LogP contribution in [0.2, 0.25) is 5.02 Å². The molecule has 12 amide bonds. The molecule has 0 aromatic heterocycles. The predicted molar refractivity (Wildman–Crippen MR) is 371 cm³/mol. The summed E-state index contributed by atoms with van der Waals surface area (Å²) >= 11 is 6.16. The van der Waals surface area contributed by atoms with E-state index in [1.165, 1.54) is 94.5 Å². The molecular formula is C72H110ClF3N12O13. The number of halogens is 4. The van der Waals surface area contributed by atoms with E-state index in [1.54, 1.807) is 13.8 Å². The van der Waals surface area contributed by atoms with Crippen LogP contribution in [0.5, 0.6) is 0 Å². The van der Waals surface area contributed by atoms with Gasteiger partial charge in [-0.3, -0.25) is 57.5 Å². The molecule has 2 aliphatic carbocycles. The Morgan fingerprint density at radius 1 is 0.653 bits per heavy atom. The smallest absolute Gasteiger partial charge is 0.378 e. The number of ether oxygens (including phenoxy) is 1. The number of aryl methyl sites for hydroxylation is 1. The minimum atomic E-state index is -4.76. The van der Waals surface area contributed by atoms with E-state index in [-0.39, 0.29) is 103 Å². The Kier molecular flexibility index (Phi) is 28.5. The lowest BCUT2D eigenvalue weighted by molar-refractivity contribution is -0.160. The molecule has 101 heavy (non-hydrogen) atoms. The SMILES string of the molecule is CC[C@H](C)[C@@H]1NC(=O)[C@H](CC(C)C)N(C)C(=O)C[C@@H](C(=O)N2CCOCC2)N(C)C(=O)[C@H]([C@@H](C)CC)N(C)C(=O)C2(CCCC2)NC(=O)[C@@H]2CCCN2C(=O)[C@H](CCc2ccc(C(F)(F)F)c(Cl)c2)NC(=O)CN(C)C(=O)[C@H](CC2CCCCC2)N(C)C(=O)[C@@H]2CCN2C(=O)[C@H](C)N(C)C1=O. The fourth-order valence-corrected chi connectivity index (χ4v) is 15.6. The van der Waals surface area contributed by atoms with Gasteiger partial charge in [-0.15, -0.1) is 0 Å². The molecule has 29 heteroatoms. The van der Waals surface area contributed by atoms with E-state index >= 15 is 24.0 Å². The van der Waals surface area contributed by atoms with Gasteiger partial charge in [0, 0.05) is 68.5 Å². The standard InChI is InChI=1S/C72H110ClF3N12O13/c1-14-44(5)59-68(98)81(9)46(7)63(93)88-33-29-53(88)66(96)83(11)55(40-47-22-17-16-18-23-47)65(95)80(8)42-57(89)77-51(28-26-48-25-27-49(50(73)39-48)72(74,75)76)64(94)87-32-21-24-52(87)62(92)79-71(30-19-20-31-71)70(100)85(13)60(45(6)15-2)69(99)84(12)56(67(97)86-34-36-101-37-35-86)41-58(90)82(10)54(38-43(3)4)61(91)78-59/h25,27,39,43-47,51-56,59-60H,14-24,26,28-38,40-42H2,1-13H3,(H,77,89)(H,78,91)(H,79,92)/t44-,45-,46-,51-,52-,53-,54-,55-,56-,59-,60-/m0/s1. The summed E-state index contributed by atoms with van der Waals surface area (Å²) in [5.41, 5.74) is -2.37. The fraction of sp³-hybridized carbons (Fsp3) is 0.750. The molecule has 1 spiro atoms. The Bertz CT molecular complexity index is 3180. The summed E-state index contributed by atoms with van der Waals surface area (Å²) in [6.07, 6.45) is 1.75. The summed E-state index contributed by atoms with van der Waals surface area (Å²) in [5, 5.41) is 8.16. The molecule has 2 saturated carbocycles. The Morgan fingerprint density at radius 3 is 1.87 bits per heavy atom. The second-order valence-electron chi connectivity index (χ2n) is 29.7. The van der Waals surface area contributed by atoms with Crippen molar-refractivity contribution in [2.24, 2.45) is 23.7 Å². The predicted octanol–water partition coefficient (Wildman–Crippen LogP) is 5.27. The van der Waals surface area contributed by atoms with Gasteiger partial charge in [-0.05, 0) is 106 Å². The largest absolute Gasteiger partial charge is 0.417 e. The van der Waals surface area contributed by atoms with Crippen LogP contribution in [0.25, 0.3) is 0 Å². The number of rotatable bonds is 12. The maximum Gasteiger partial charge on any atom is 0.417 e. The summed E-state index contributed by atoms with van der Waals surface area (Å²) in [6, 6.07) is -7.98. The van der Waals surface area contributed by atoms with E-state index in [0.717, 1.165) is 49.1 Å². The first-order valence-electron chi connectivity index (χ1n) is 36.4. The topological polar surface area (TPSA) is 279 Å². The molecule has 11 atom stereocenters. The first kappa shape index (κ1) is 81.2. The van der Waals surface area contributed by atoms with Crippen molar-refractivity contribution in [2.45, 2.75) is 237 Å².